The first-order chi connectivity index (χ1) is 12.7. The molecule has 0 radical (unpaired) electrons. The van der Waals surface area contributed by atoms with Gasteiger partial charge >= 0.3 is 12.1 Å². The van der Waals surface area contributed by atoms with Gasteiger partial charge in [0.25, 0.3) is 0 Å². The highest BCUT2D eigenvalue weighted by Crippen LogP contribution is 2.45. The van der Waals surface area contributed by atoms with Crippen molar-refractivity contribution in [3.05, 3.63) is 23.9 Å². The highest BCUT2D eigenvalue weighted by molar-refractivity contribution is 5.84. The molecule has 4 rings (SSSR count). The minimum atomic E-state index is -4.48. The molecule has 6 nitrogen and oxygen atoms in total. The maximum absolute atomic E-state index is 13.0. The highest BCUT2D eigenvalue weighted by Gasteiger charge is 2.59. The van der Waals surface area contributed by atoms with Crippen molar-refractivity contribution in [3.8, 4) is 0 Å². The number of alkyl halides is 3. The Labute approximate surface area is 154 Å². The fraction of sp³-hybridized carbons (Fsp3) is 0.611. The summed E-state index contributed by atoms with van der Waals surface area (Å²) in [5, 5.41) is 9.87. The number of amides is 1. The van der Waals surface area contributed by atoms with Gasteiger partial charge in [-0.2, -0.15) is 13.2 Å². The van der Waals surface area contributed by atoms with E-state index >= 15 is 0 Å². The van der Waals surface area contributed by atoms with E-state index in [0.717, 1.165) is 37.6 Å². The minimum absolute atomic E-state index is 0.00379. The molecule has 146 valence electrons. The van der Waals surface area contributed by atoms with Crippen LogP contribution in [0.15, 0.2) is 18.3 Å². The number of carbonyl (C=O) groups is 2. The highest BCUT2D eigenvalue weighted by atomic mass is 19.4. The van der Waals surface area contributed by atoms with Crippen LogP contribution in [-0.4, -0.2) is 53.0 Å². The van der Waals surface area contributed by atoms with Gasteiger partial charge in [-0.3, -0.25) is 9.59 Å². The van der Waals surface area contributed by atoms with Crippen LogP contribution in [0, 0.1) is 17.3 Å². The molecule has 1 aromatic rings. The molecule has 3 aliphatic rings. The van der Waals surface area contributed by atoms with Crippen molar-refractivity contribution in [1.82, 2.24) is 9.88 Å². The molecule has 1 aliphatic carbocycles. The quantitative estimate of drug-likeness (QED) is 0.867. The number of aromatic nitrogens is 1. The van der Waals surface area contributed by atoms with Crippen LogP contribution in [0.2, 0.25) is 0 Å². The van der Waals surface area contributed by atoms with Gasteiger partial charge in [0.15, 0.2) is 0 Å². The number of carbonyl (C=O) groups excluding carboxylic acids is 1. The van der Waals surface area contributed by atoms with Gasteiger partial charge in [-0.25, -0.2) is 4.98 Å². The lowest BCUT2D eigenvalue weighted by atomic mass is 9.81. The van der Waals surface area contributed by atoms with Crippen molar-refractivity contribution < 1.29 is 27.9 Å². The normalized spacial score (nSPS) is 28.2. The van der Waals surface area contributed by atoms with E-state index in [-0.39, 0.29) is 43.2 Å². The first kappa shape index (κ1) is 18.1. The molecule has 2 saturated heterocycles. The van der Waals surface area contributed by atoms with Gasteiger partial charge < -0.3 is 14.9 Å². The Balaban J connectivity index is 1.55. The molecule has 2 atom stereocenters. The van der Waals surface area contributed by atoms with Gasteiger partial charge in [0, 0.05) is 44.2 Å². The molecule has 2 aliphatic heterocycles. The molecule has 27 heavy (non-hydrogen) atoms. The number of fused-ring (bicyclic) bond motifs is 1. The molecule has 1 N–H and O–H groups in total. The van der Waals surface area contributed by atoms with Crippen molar-refractivity contribution in [2.75, 3.05) is 31.1 Å². The van der Waals surface area contributed by atoms with E-state index in [1.54, 1.807) is 9.80 Å². The number of nitrogens with zero attached hydrogens (tertiary/aromatic N) is 3. The Morgan fingerprint density at radius 2 is 1.96 bits per heavy atom. The molecule has 0 aromatic carbocycles. The summed E-state index contributed by atoms with van der Waals surface area (Å²) in [6.07, 6.45) is -0.677. The lowest BCUT2D eigenvalue weighted by Gasteiger charge is -2.31. The third-order valence-corrected chi connectivity index (χ3v) is 6.20. The van der Waals surface area contributed by atoms with Crippen molar-refractivity contribution in [1.29, 1.82) is 0 Å². The number of likely N-dealkylation sites (tertiary alicyclic amines) is 1. The van der Waals surface area contributed by atoms with Crippen LogP contribution in [0.5, 0.6) is 0 Å². The Kier molecular flexibility index (Phi) is 4.08. The second-order valence-corrected chi connectivity index (χ2v) is 7.79. The summed E-state index contributed by atoms with van der Waals surface area (Å²) in [5.74, 6) is -1.20. The van der Waals surface area contributed by atoms with E-state index in [1.165, 1.54) is 0 Å². The summed E-state index contributed by atoms with van der Waals surface area (Å²) in [6, 6.07) is 1.85. The van der Waals surface area contributed by atoms with Gasteiger partial charge in [-0.1, -0.05) is 6.42 Å². The molecule has 3 heterocycles. The maximum atomic E-state index is 13.0. The Morgan fingerprint density at radius 1 is 1.22 bits per heavy atom. The number of halogens is 3. The molecule has 0 unspecified atom stereocenters. The topological polar surface area (TPSA) is 73.7 Å². The summed E-state index contributed by atoms with van der Waals surface area (Å²) >= 11 is 0. The molecule has 9 heteroatoms. The van der Waals surface area contributed by atoms with Gasteiger partial charge in [0.2, 0.25) is 5.91 Å². The van der Waals surface area contributed by atoms with Crippen LogP contribution in [0.4, 0.5) is 19.0 Å². The van der Waals surface area contributed by atoms with Crippen molar-refractivity contribution in [3.63, 3.8) is 0 Å². The zero-order chi connectivity index (χ0) is 19.4. The van der Waals surface area contributed by atoms with Gasteiger partial charge in [0.1, 0.15) is 11.2 Å². The van der Waals surface area contributed by atoms with E-state index < -0.39 is 23.1 Å². The predicted octanol–water partition coefficient (Wildman–Crippen LogP) is 2.25. The lowest BCUT2D eigenvalue weighted by Crippen LogP contribution is -2.44. The molecule has 3 fully saturated rings. The third-order valence-electron chi connectivity index (χ3n) is 6.20. The van der Waals surface area contributed by atoms with E-state index in [0.29, 0.717) is 6.54 Å². The van der Waals surface area contributed by atoms with Crippen LogP contribution in [-0.2, 0) is 15.8 Å². The summed E-state index contributed by atoms with van der Waals surface area (Å²) in [4.78, 5) is 31.8. The number of anilines is 1. The molecule has 0 bridgehead atoms. The number of rotatable bonds is 3. The van der Waals surface area contributed by atoms with Crippen LogP contribution in [0.3, 0.4) is 0 Å². The van der Waals surface area contributed by atoms with Crippen LogP contribution in [0.25, 0.3) is 0 Å². The number of carboxylic acids is 1. The second kappa shape index (κ2) is 6.10. The van der Waals surface area contributed by atoms with Gasteiger partial charge in [0.05, 0.1) is 5.56 Å². The minimum Gasteiger partial charge on any atom is -0.481 e. The molecule has 0 spiro atoms. The fourth-order valence-corrected chi connectivity index (χ4v) is 4.39. The standard InChI is InChI=1S/C18H20F3N3O3/c19-18(20,21)12-4-5-22-14(6-12)23-7-13-8-24(15(25)11-2-1-3-11)10-17(13,9-23)16(26)27/h4-6,11,13H,1-3,7-10H2,(H,26,27)/t13-,17-/m0/s1. The Morgan fingerprint density at radius 3 is 2.52 bits per heavy atom. The Bertz CT molecular complexity index is 781. The average Bonchev–Trinajstić information content (AvgIpc) is 3.08. The number of pyridine rings is 1. The maximum Gasteiger partial charge on any atom is 0.416 e. The van der Waals surface area contributed by atoms with E-state index in [4.69, 9.17) is 0 Å². The number of aliphatic carboxylic acids is 1. The van der Waals surface area contributed by atoms with E-state index in [2.05, 4.69) is 4.98 Å². The largest absolute Gasteiger partial charge is 0.481 e. The second-order valence-electron chi connectivity index (χ2n) is 7.79. The zero-order valence-electron chi connectivity index (χ0n) is 14.6. The molecular weight excluding hydrogens is 363 g/mol. The van der Waals surface area contributed by atoms with Crippen LogP contribution < -0.4 is 4.90 Å². The predicted molar refractivity (Wildman–Crippen MR) is 88.9 cm³/mol. The zero-order valence-corrected chi connectivity index (χ0v) is 14.6. The van der Waals surface area contributed by atoms with Crippen molar-refractivity contribution >= 4 is 17.7 Å². The fourth-order valence-electron chi connectivity index (χ4n) is 4.39. The summed E-state index contributed by atoms with van der Waals surface area (Å²) in [6.45, 7) is 0.764. The summed E-state index contributed by atoms with van der Waals surface area (Å²) < 4.78 is 38.9. The van der Waals surface area contributed by atoms with E-state index in [1.807, 2.05) is 0 Å². The van der Waals surface area contributed by atoms with E-state index in [9.17, 15) is 27.9 Å². The molecule has 1 saturated carbocycles. The molecule has 1 aromatic heterocycles. The van der Waals surface area contributed by atoms with Crippen LogP contribution in [0.1, 0.15) is 24.8 Å². The smallest absolute Gasteiger partial charge is 0.416 e. The lowest BCUT2D eigenvalue weighted by molar-refractivity contribution is -0.149. The first-order valence-electron chi connectivity index (χ1n) is 9.01. The van der Waals surface area contributed by atoms with Crippen LogP contribution >= 0.6 is 0 Å². The molecule has 1 amide bonds. The summed E-state index contributed by atoms with van der Waals surface area (Å²) in [5.41, 5.74) is -1.97. The third kappa shape index (κ3) is 2.93. The SMILES string of the molecule is O=C(C1CCC1)N1C[C@@H]2CN(c3cc(C(F)(F)F)ccn3)C[C@]2(C(=O)O)C1. The van der Waals surface area contributed by atoms with Gasteiger partial charge in [-0.05, 0) is 25.0 Å². The summed E-state index contributed by atoms with van der Waals surface area (Å²) in [7, 11) is 0. The number of hydrogen-bond donors (Lipinski definition) is 1. The molecular formula is C18H20F3N3O3. The average molecular weight is 383 g/mol. The first-order valence-corrected chi connectivity index (χ1v) is 9.01. The number of hydrogen-bond acceptors (Lipinski definition) is 4. The Hall–Kier alpha value is -2.32. The van der Waals surface area contributed by atoms with Crippen molar-refractivity contribution in [2.45, 2.75) is 25.4 Å². The van der Waals surface area contributed by atoms with Gasteiger partial charge in [-0.15, -0.1) is 0 Å². The van der Waals surface area contributed by atoms with Crippen molar-refractivity contribution in [2.24, 2.45) is 17.3 Å². The monoisotopic (exact) mass is 383 g/mol. The number of carboxylic acid groups (broad SMARTS) is 1.